The van der Waals surface area contributed by atoms with Crippen molar-refractivity contribution in [2.75, 3.05) is 13.1 Å². The number of carbonyl (C=O) groups is 1. The number of β-amino-alcohol motifs (C(OH)–C–C–N with tert-alkyl or cyclic N) is 1. The number of amides is 1. The van der Waals surface area contributed by atoms with Gasteiger partial charge in [0.05, 0.1) is 6.10 Å². The van der Waals surface area contributed by atoms with Crippen LogP contribution in [-0.2, 0) is 0 Å². The first-order valence-corrected chi connectivity index (χ1v) is 5.62. The molecule has 1 saturated heterocycles. The van der Waals surface area contributed by atoms with Gasteiger partial charge in [-0.15, -0.1) is 0 Å². The minimum absolute atomic E-state index is 0.0396. The van der Waals surface area contributed by atoms with E-state index in [0.29, 0.717) is 19.5 Å². The number of aliphatic hydroxyl groups excluding tert-OH is 1. The molecule has 0 aromatic heterocycles. The number of benzene rings is 1. The molecular weight excluding hydrogens is 202 g/mol. The quantitative estimate of drug-likeness (QED) is 0.777. The lowest BCUT2D eigenvalue weighted by Crippen LogP contribution is -2.30. The van der Waals surface area contributed by atoms with Crippen LogP contribution in [-0.4, -0.2) is 35.1 Å². The number of hydrogen-bond donors (Lipinski definition) is 1. The number of likely N-dealkylation sites (tertiary alicyclic amines) is 1. The zero-order chi connectivity index (χ0) is 11.7. The van der Waals surface area contributed by atoms with Gasteiger partial charge in [-0.2, -0.15) is 0 Å². The first kappa shape index (κ1) is 11.1. The summed E-state index contributed by atoms with van der Waals surface area (Å²) in [5.74, 6) is 0.0396. The van der Waals surface area contributed by atoms with E-state index in [-0.39, 0.29) is 12.0 Å². The molecule has 0 unspecified atom stereocenters. The van der Waals surface area contributed by atoms with Gasteiger partial charge in [0.2, 0.25) is 0 Å². The molecule has 3 heteroatoms. The SMILES string of the molecule is Cc1ccc(C)c(C(=O)N2CC[C@H](O)C2)c1. The van der Waals surface area contributed by atoms with Crippen LogP contribution >= 0.6 is 0 Å². The molecule has 0 saturated carbocycles. The molecule has 0 bridgehead atoms. The minimum atomic E-state index is -0.353. The summed E-state index contributed by atoms with van der Waals surface area (Å²) in [5.41, 5.74) is 2.85. The van der Waals surface area contributed by atoms with E-state index in [1.165, 1.54) is 0 Å². The molecule has 1 N–H and O–H groups in total. The molecule has 1 aliphatic rings. The molecule has 1 aromatic carbocycles. The third kappa shape index (κ3) is 2.09. The van der Waals surface area contributed by atoms with Crippen molar-refractivity contribution in [3.63, 3.8) is 0 Å². The third-order valence-corrected chi connectivity index (χ3v) is 3.07. The second-order valence-corrected chi connectivity index (χ2v) is 4.51. The Morgan fingerprint density at radius 1 is 1.44 bits per heavy atom. The van der Waals surface area contributed by atoms with Gasteiger partial charge in [0, 0.05) is 18.7 Å². The molecular formula is C13H17NO2. The van der Waals surface area contributed by atoms with Crippen LogP contribution in [0.5, 0.6) is 0 Å². The molecule has 0 spiro atoms. The molecule has 1 fully saturated rings. The number of hydrogen-bond acceptors (Lipinski definition) is 2. The van der Waals surface area contributed by atoms with Gasteiger partial charge in [-0.3, -0.25) is 4.79 Å². The van der Waals surface area contributed by atoms with Crippen molar-refractivity contribution in [2.45, 2.75) is 26.4 Å². The van der Waals surface area contributed by atoms with Crippen molar-refractivity contribution in [3.05, 3.63) is 34.9 Å². The largest absolute Gasteiger partial charge is 0.391 e. The van der Waals surface area contributed by atoms with E-state index in [1.54, 1.807) is 4.90 Å². The van der Waals surface area contributed by atoms with Gasteiger partial charge in [0.25, 0.3) is 5.91 Å². The fourth-order valence-electron chi connectivity index (χ4n) is 2.06. The summed E-state index contributed by atoms with van der Waals surface area (Å²) in [4.78, 5) is 13.9. The highest BCUT2D eigenvalue weighted by molar-refractivity contribution is 5.96. The molecule has 1 aromatic rings. The first-order valence-electron chi connectivity index (χ1n) is 5.62. The van der Waals surface area contributed by atoms with Crippen LogP contribution in [0.15, 0.2) is 18.2 Å². The van der Waals surface area contributed by atoms with E-state index in [9.17, 15) is 9.90 Å². The van der Waals surface area contributed by atoms with Crippen LogP contribution in [0.2, 0.25) is 0 Å². The number of aliphatic hydroxyl groups is 1. The van der Waals surface area contributed by atoms with E-state index in [0.717, 1.165) is 16.7 Å². The Bertz CT molecular complexity index is 414. The lowest BCUT2D eigenvalue weighted by molar-refractivity contribution is 0.0764. The molecule has 2 rings (SSSR count). The Morgan fingerprint density at radius 3 is 2.81 bits per heavy atom. The topological polar surface area (TPSA) is 40.5 Å². The highest BCUT2D eigenvalue weighted by Gasteiger charge is 2.26. The van der Waals surface area contributed by atoms with E-state index in [2.05, 4.69) is 0 Å². The minimum Gasteiger partial charge on any atom is -0.391 e. The van der Waals surface area contributed by atoms with E-state index >= 15 is 0 Å². The van der Waals surface area contributed by atoms with Crippen LogP contribution in [0.3, 0.4) is 0 Å². The van der Waals surface area contributed by atoms with Crippen molar-refractivity contribution < 1.29 is 9.90 Å². The van der Waals surface area contributed by atoms with Crippen molar-refractivity contribution in [3.8, 4) is 0 Å². The molecule has 3 nitrogen and oxygen atoms in total. The average Bonchev–Trinajstić information content (AvgIpc) is 2.67. The predicted molar refractivity (Wildman–Crippen MR) is 62.4 cm³/mol. The monoisotopic (exact) mass is 219 g/mol. The van der Waals surface area contributed by atoms with Gasteiger partial charge in [0.15, 0.2) is 0 Å². The predicted octanol–water partition coefficient (Wildman–Crippen LogP) is 1.51. The lowest BCUT2D eigenvalue weighted by atomic mass is 10.0. The van der Waals surface area contributed by atoms with Crippen molar-refractivity contribution in [2.24, 2.45) is 0 Å². The first-order chi connectivity index (χ1) is 7.58. The zero-order valence-corrected chi connectivity index (χ0v) is 9.73. The van der Waals surface area contributed by atoms with Crippen LogP contribution in [0.4, 0.5) is 0 Å². The number of nitrogens with zero attached hydrogens (tertiary/aromatic N) is 1. The standard InChI is InChI=1S/C13H17NO2/c1-9-3-4-10(2)12(7-9)13(16)14-6-5-11(15)8-14/h3-4,7,11,15H,5-6,8H2,1-2H3/t11-/m0/s1. The van der Waals surface area contributed by atoms with E-state index < -0.39 is 0 Å². The van der Waals surface area contributed by atoms with Crippen molar-refractivity contribution in [1.82, 2.24) is 4.90 Å². The highest BCUT2D eigenvalue weighted by atomic mass is 16.3. The number of rotatable bonds is 1. The Kier molecular flexibility index (Phi) is 2.97. The molecule has 1 amide bonds. The summed E-state index contributed by atoms with van der Waals surface area (Å²) in [6.45, 7) is 5.05. The smallest absolute Gasteiger partial charge is 0.254 e. The summed E-state index contributed by atoms with van der Waals surface area (Å²) in [5, 5.41) is 9.43. The Labute approximate surface area is 95.7 Å². The maximum atomic E-state index is 12.2. The average molecular weight is 219 g/mol. The van der Waals surface area contributed by atoms with E-state index in [1.807, 2.05) is 32.0 Å². The molecule has 1 heterocycles. The Morgan fingerprint density at radius 2 is 2.19 bits per heavy atom. The molecule has 86 valence electrons. The van der Waals surface area contributed by atoms with Crippen LogP contribution in [0.1, 0.15) is 27.9 Å². The zero-order valence-electron chi connectivity index (χ0n) is 9.73. The summed E-state index contributed by atoms with van der Waals surface area (Å²) in [6.07, 6.45) is 0.338. The fraction of sp³-hybridized carbons (Fsp3) is 0.462. The maximum absolute atomic E-state index is 12.2. The van der Waals surface area contributed by atoms with Crippen molar-refractivity contribution >= 4 is 5.91 Å². The highest BCUT2D eigenvalue weighted by Crippen LogP contribution is 2.17. The number of aryl methyl sites for hydroxylation is 2. The van der Waals surface area contributed by atoms with Gasteiger partial charge >= 0.3 is 0 Å². The second-order valence-electron chi connectivity index (χ2n) is 4.51. The maximum Gasteiger partial charge on any atom is 0.254 e. The summed E-state index contributed by atoms with van der Waals surface area (Å²) >= 11 is 0. The Hall–Kier alpha value is -1.35. The van der Waals surface area contributed by atoms with Gasteiger partial charge in [-0.1, -0.05) is 17.7 Å². The van der Waals surface area contributed by atoms with Gasteiger partial charge in [-0.25, -0.2) is 0 Å². The molecule has 0 radical (unpaired) electrons. The van der Waals surface area contributed by atoms with Crippen LogP contribution in [0, 0.1) is 13.8 Å². The molecule has 16 heavy (non-hydrogen) atoms. The van der Waals surface area contributed by atoms with Crippen molar-refractivity contribution in [1.29, 1.82) is 0 Å². The molecule has 1 aliphatic heterocycles. The van der Waals surface area contributed by atoms with Gasteiger partial charge in [-0.05, 0) is 31.9 Å². The molecule has 0 aliphatic carbocycles. The number of carbonyl (C=O) groups excluding carboxylic acids is 1. The van der Waals surface area contributed by atoms with Crippen LogP contribution < -0.4 is 0 Å². The lowest BCUT2D eigenvalue weighted by Gasteiger charge is -2.17. The summed E-state index contributed by atoms with van der Waals surface area (Å²) in [7, 11) is 0. The van der Waals surface area contributed by atoms with E-state index in [4.69, 9.17) is 0 Å². The summed E-state index contributed by atoms with van der Waals surface area (Å²) < 4.78 is 0. The summed E-state index contributed by atoms with van der Waals surface area (Å²) in [6, 6.07) is 5.89. The van der Waals surface area contributed by atoms with Gasteiger partial charge in [0.1, 0.15) is 0 Å². The third-order valence-electron chi connectivity index (χ3n) is 3.07. The molecule has 1 atom stereocenters. The second kappa shape index (κ2) is 4.26. The van der Waals surface area contributed by atoms with Gasteiger partial charge < -0.3 is 10.0 Å². The Balaban J connectivity index is 2.23. The fourth-order valence-corrected chi connectivity index (χ4v) is 2.06. The normalized spacial score (nSPS) is 20.2. The van der Waals surface area contributed by atoms with Crippen LogP contribution in [0.25, 0.3) is 0 Å².